The number of hydrogen-bond donors (Lipinski definition) is 25. The zero-order valence-electron chi connectivity index (χ0n) is 68.7. The number of aliphatic imine (C=N–C) groups is 4. The Bertz CT molecular complexity index is 3830. The summed E-state index contributed by atoms with van der Waals surface area (Å²) in [5.74, 6) is -15.7. The summed E-state index contributed by atoms with van der Waals surface area (Å²) in [5, 5.41) is 62.7. The summed E-state index contributed by atoms with van der Waals surface area (Å²) in [6, 6.07) is -5.69. The van der Waals surface area contributed by atoms with Crippen LogP contribution in [0.2, 0.25) is 0 Å². The summed E-state index contributed by atoms with van der Waals surface area (Å²) < 4.78 is 0. The van der Waals surface area contributed by atoms with Crippen molar-refractivity contribution in [3.05, 3.63) is 59.7 Å². The van der Waals surface area contributed by atoms with E-state index in [1.807, 2.05) is 0 Å². The second kappa shape index (κ2) is 52.4. The monoisotopic (exact) mass is 1670 g/mol. The van der Waals surface area contributed by atoms with Crippen LogP contribution in [0.3, 0.4) is 0 Å². The van der Waals surface area contributed by atoms with Crippen molar-refractivity contribution in [2.24, 2.45) is 95.1 Å². The Balaban J connectivity index is 1.94. The second-order valence-electron chi connectivity index (χ2n) is 29.9. The minimum Gasteiger partial charge on any atom is -0.508 e. The van der Waals surface area contributed by atoms with Crippen molar-refractivity contribution in [1.82, 2.24) is 63.8 Å². The predicted molar refractivity (Wildman–Crippen MR) is 443 cm³/mol. The Morgan fingerprint density at radius 1 is 0.412 bits per heavy atom. The normalized spacial score (nSPS) is 16.1. The third-order valence-corrected chi connectivity index (χ3v) is 19.3. The first kappa shape index (κ1) is 101. The van der Waals surface area contributed by atoms with Gasteiger partial charge >= 0.3 is 0 Å². The summed E-state index contributed by atoms with van der Waals surface area (Å²) in [6.45, 7) is 11.0. The summed E-state index contributed by atoms with van der Waals surface area (Å²) in [5.41, 5.74) is 56.6. The predicted octanol–water partition coefficient (Wildman–Crippen LogP) is -6.24. The number of primary amides is 2. The number of nitrogens with zero attached hydrogens (tertiary/aromatic N) is 4. The molecule has 0 saturated heterocycles. The molecule has 0 aromatic heterocycles. The smallest absolute Gasteiger partial charge is 0.245 e. The Morgan fingerprint density at radius 2 is 0.765 bits per heavy atom. The lowest BCUT2D eigenvalue weighted by atomic mass is 9.96. The van der Waals surface area contributed by atoms with Crippen molar-refractivity contribution in [3.63, 3.8) is 0 Å². The van der Waals surface area contributed by atoms with E-state index in [1.165, 1.54) is 62.4 Å². The average molecular weight is 1680 g/mol. The summed E-state index contributed by atoms with van der Waals surface area (Å²) in [6.07, 6.45) is -0.834. The van der Waals surface area contributed by atoms with Gasteiger partial charge in [-0.2, -0.15) is 0 Å². The molecule has 0 heterocycles. The molecular formula is C76H126N26O17. The van der Waals surface area contributed by atoms with Crippen molar-refractivity contribution in [3.8, 4) is 11.5 Å². The number of carbonyl (C=O) groups excluding carboxylic acids is 14. The van der Waals surface area contributed by atoms with E-state index in [1.54, 1.807) is 34.6 Å². The number of nitrogens with two attached hydrogens (primary N) is 10. The number of rotatable bonds is 54. The van der Waals surface area contributed by atoms with Crippen molar-refractivity contribution in [2.75, 3.05) is 26.2 Å². The molecule has 0 unspecified atom stereocenters. The molecule has 1 saturated carbocycles. The summed E-state index contributed by atoms with van der Waals surface area (Å²) in [4.78, 5) is 213. The van der Waals surface area contributed by atoms with Crippen LogP contribution in [-0.2, 0) is 80.0 Å². The highest BCUT2D eigenvalue weighted by Crippen LogP contribution is 2.27. The molecule has 43 heteroatoms. The lowest BCUT2D eigenvalue weighted by Crippen LogP contribution is -2.62. The molecule has 1 aliphatic carbocycles. The highest BCUT2D eigenvalue weighted by molar-refractivity contribution is 6.00. The van der Waals surface area contributed by atoms with E-state index in [4.69, 9.17) is 57.3 Å². The van der Waals surface area contributed by atoms with Gasteiger partial charge in [0.2, 0.25) is 82.7 Å². The maximum Gasteiger partial charge on any atom is 0.245 e. The summed E-state index contributed by atoms with van der Waals surface area (Å²) >= 11 is 0. The molecule has 0 spiro atoms. The highest BCUT2D eigenvalue weighted by atomic mass is 16.3. The van der Waals surface area contributed by atoms with Crippen molar-refractivity contribution >= 4 is 107 Å². The molecule has 1 fully saturated rings. The highest BCUT2D eigenvalue weighted by Gasteiger charge is 2.41. The van der Waals surface area contributed by atoms with Crippen LogP contribution in [0, 0.1) is 17.8 Å². The molecule has 2 aromatic rings. The molecule has 0 radical (unpaired) electrons. The number of guanidine groups is 4. The Labute approximate surface area is 691 Å². The summed E-state index contributed by atoms with van der Waals surface area (Å²) in [7, 11) is 0. The number of aromatic hydroxyl groups is 2. The molecule has 14 amide bonds. The molecule has 2 aromatic carbocycles. The van der Waals surface area contributed by atoms with Gasteiger partial charge in [0.15, 0.2) is 23.8 Å². The van der Waals surface area contributed by atoms with Crippen molar-refractivity contribution in [2.45, 2.75) is 249 Å². The minimum atomic E-state index is -1.83. The molecule has 15 atom stereocenters. The fourth-order valence-electron chi connectivity index (χ4n) is 12.8. The number of phenols is 2. The first-order valence-corrected chi connectivity index (χ1v) is 39.8. The van der Waals surface area contributed by atoms with Gasteiger partial charge in [0.05, 0.1) is 18.4 Å². The van der Waals surface area contributed by atoms with Crippen LogP contribution < -0.4 is 121 Å². The number of benzene rings is 2. The van der Waals surface area contributed by atoms with Crippen LogP contribution in [0.4, 0.5) is 0 Å². The molecule has 3 rings (SSSR count). The van der Waals surface area contributed by atoms with Gasteiger partial charge in [-0.1, -0.05) is 84.6 Å². The maximum atomic E-state index is 14.8. The zero-order chi connectivity index (χ0) is 89.2. The minimum absolute atomic E-state index is 0.00439. The topological polar surface area (TPSA) is 754 Å². The first-order valence-electron chi connectivity index (χ1n) is 39.8. The first-order chi connectivity index (χ1) is 56.1. The van der Waals surface area contributed by atoms with E-state index in [9.17, 15) is 82.4 Å². The lowest BCUT2D eigenvalue weighted by Gasteiger charge is -2.30. The van der Waals surface area contributed by atoms with Crippen LogP contribution in [0.25, 0.3) is 0 Å². The average Bonchev–Trinajstić information content (AvgIpc) is 1.66. The molecule has 35 N–H and O–H groups in total. The van der Waals surface area contributed by atoms with Crippen LogP contribution in [-0.4, -0.2) is 227 Å². The van der Waals surface area contributed by atoms with Gasteiger partial charge in [0.25, 0.3) is 0 Å². The van der Waals surface area contributed by atoms with Crippen molar-refractivity contribution in [1.29, 1.82) is 0 Å². The molecule has 1 aliphatic rings. The molecule has 0 bridgehead atoms. The van der Waals surface area contributed by atoms with Gasteiger partial charge < -0.3 is 136 Å². The third kappa shape index (κ3) is 38.5. The number of carbonyl (C=O) groups is 14. The largest absolute Gasteiger partial charge is 0.508 e. The van der Waals surface area contributed by atoms with E-state index >= 15 is 0 Å². The number of aliphatic hydroxyl groups is 1. The van der Waals surface area contributed by atoms with Gasteiger partial charge in [-0.3, -0.25) is 87.1 Å². The second-order valence-corrected chi connectivity index (χ2v) is 29.9. The SMILES string of the molecule is CCCC[C@H](NC(=O)[C@H](CC(N)=O)NC(=O)[C@@H](NC(=O)[C@H](Cc1ccc(O)cc1)NC(=O)[C@H](CCCN=C(N)N)NC(=O)[C@H](CCCN=C(N)N)NC(C)=O)[C@@H](C)CC)C(=O)N[C@@H](CC(C)C)C(=O)N[C@H](C(=O)N[C@@H](CCCN=C(N)N)C(=O)N[C@H]1CCC[C@H]1C(=O)N[C@@H](CCCN=C(N)N)C(=O)N[C@@H](Cc1ccc(O)cc1)C(N)=O)[C@@H](C)O. The van der Waals surface area contributed by atoms with Gasteiger partial charge in [-0.25, -0.2) is 0 Å². The molecule has 43 nitrogen and oxygen atoms in total. The molecule has 0 aliphatic heterocycles. The van der Waals surface area contributed by atoms with Crippen LogP contribution in [0.5, 0.6) is 11.5 Å². The molecule has 662 valence electrons. The van der Waals surface area contributed by atoms with Crippen LogP contribution in [0.1, 0.15) is 169 Å². The van der Waals surface area contributed by atoms with E-state index in [-0.39, 0.29) is 170 Å². The zero-order valence-corrected chi connectivity index (χ0v) is 68.7. The van der Waals surface area contributed by atoms with Crippen LogP contribution >= 0.6 is 0 Å². The maximum absolute atomic E-state index is 14.8. The van der Waals surface area contributed by atoms with Gasteiger partial charge in [-0.15, -0.1) is 0 Å². The van der Waals surface area contributed by atoms with Gasteiger partial charge in [0, 0.05) is 52.0 Å². The Hall–Kier alpha value is -12.3. The van der Waals surface area contributed by atoms with E-state index in [0.717, 1.165) is 0 Å². The number of hydrogen-bond acceptors (Lipinski definition) is 21. The number of aliphatic hydroxyl groups excluding tert-OH is 1. The van der Waals surface area contributed by atoms with E-state index in [0.29, 0.717) is 24.0 Å². The lowest BCUT2D eigenvalue weighted by molar-refractivity contribution is -0.137. The number of unbranched alkanes of at least 4 members (excludes halogenated alkanes) is 1. The van der Waals surface area contributed by atoms with E-state index < -0.39 is 180 Å². The van der Waals surface area contributed by atoms with Gasteiger partial charge in [0.1, 0.15) is 78.0 Å². The number of nitrogens with one attached hydrogen (secondary N) is 12. The Morgan fingerprint density at radius 3 is 1.18 bits per heavy atom. The number of phenolic OH excluding ortho intramolecular Hbond substituents is 2. The quantitative estimate of drug-likeness (QED) is 0.0166. The third-order valence-electron chi connectivity index (χ3n) is 19.3. The molecule has 119 heavy (non-hydrogen) atoms. The fraction of sp³-hybridized carbons (Fsp3) is 0.605. The number of amides is 14. The van der Waals surface area contributed by atoms with Gasteiger partial charge in [-0.05, 0) is 131 Å². The molecular weight excluding hydrogens is 1550 g/mol. The van der Waals surface area contributed by atoms with Crippen LogP contribution in [0.15, 0.2) is 68.5 Å². The standard InChI is InChI=1S/C76H126N26O17/c1-8-10-17-50(95-68(115)57(38-58(77)107)100-71(118)59(40(5)9-2)101-70(117)56(37-44-25-29-46(106)30-26-44)99-67(114)52(21-14-33-89-75(83)84)94-63(110)49(91-42(7)104)19-12-31-87-73(79)80)66(113)98-55(35-39(3)4)69(116)102-60(41(6)103)72(119)96-53(22-15-34-90-76(85)86)64(111)92-48-18-11-16-47(48)62(109)93-51(20-13-32-88-74(81)82)65(112)97-54(61(78)108)36-43-23-27-45(105)28-24-43/h23-30,39-41,47-57,59-60,103,105-106H,8-22,31-38H2,1-7H3,(H2,77,107)(H2,78,108)(H,91,104)(H,92,111)(H,93,109)(H,94,110)(H,95,115)(H,96,119)(H,97,112)(H,98,113)(H,99,114)(H,100,118)(H,101,117)(H,102,116)(H4,79,80,87)(H4,81,82,88)(H4,83,84,89)(H4,85,86,90)/t40-,41+,47+,48-,49-,50-,51-,52-,53-,54-,55-,56-,57-,59-,60-/m0/s1. The fourth-order valence-corrected chi connectivity index (χ4v) is 12.8. The Kier molecular flexibility index (Phi) is 44.4. The van der Waals surface area contributed by atoms with Crippen molar-refractivity contribution < 1.29 is 82.4 Å². The van der Waals surface area contributed by atoms with E-state index in [2.05, 4.69) is 83.8 Å².